The van der Waals surface area contributed by atoms with Gasteiger partial charge in [0.15, 0.2) is 0 Å². The molecule has 2 aromatic heterocycles. The van der Waals surface area contributed by atoms with Crippen LogP contribution in [0, 0.1) is 6.92 Å². The molecular formula is C20H29N5O4S. The second kappa shape index (κ2) is 7.58. The van der Waals surface area contributed by atoms with Crippen LogP contribution in [0.15, 0.2) is 17.1 Å². The fraction of sp³-hybridized carbons (Fsp3) is 0.650. The summed E-state index contributed by atoms with van der Waals surface area (Å²) >= 11 is 0. The van der Waals surface area contributed by atoms with Crippen LogP contribution in [0.3, 0.4) is 0 Å². The maximum atomic E-state index is 13.0. The van der Waals surface area contributed by atoms with Gasteiger partial charge in [-0.2, -0.15) is 4.98 Å². The number of hydrogen-bond acceptors (Lipinski definition) is 7. The van der Waals surface area contributed by atoms with Gasteiger partial charge >= 0.3 is 0 Å². The first-order valence-corrected chi connectivity index (χ1v) is 12.2. The van der Waals surface area contributed by atoms with E-state index in [9.17, 15) is 18.3 Å². The molecule has 2 fully saturated rings. The van der Waals surface area contributed by atoms with Crippen LogP contribution in [0.2, 0.25) is 0 Å². The minimum atomic E-state index is -3.17. The zero-order chi connectivity index (χ0) is 21.7. The molecule has 0 bridgehead atoms. The lowest BCUT2D eigenvalue weighted by Gasteiger charge is -2.31. The highest BCUT2D eigenvalue weighted by Gasteiger charge is 2.39. The first-order chi connectivity index (χ1) is 14.1. The van der Waals surface area contributed by atoms with E-state index in [-0.39, 0.29) is 17.6 Å². The minimum Gasteiger partial charge on any atom is -0.388 e. The average molecular weight is 436 g/mol. The van der Waals surface area contributed by atoms with Crippen molar-refractivity contribution in [2.45, 2.75) is 63.6 Å². The summed E-state index contributed by atoms with van der Waals surface area (Å²) in [4.78, 5) is 22.1. The van der Waals surface area contributed by atoms with Gasteiger partial charge in [-0.15, -0.1) is 0 Å². The van der Waals surface area contributed by atoms with E-state index in [1.807, 2.05) is 0 Å². The Balaban J connectivity index is 1.65. The summed E-state index contributed by atoms with van der Waals surface area (Å²) in [5.74, 6) is 0.412. The zero-order valence-electron chi connectivity index (χ0n) is 17.6. The summed E-state index contributed by atoms with van der Waals surface area (Å²) in [5.41, 5.74) is 0.0222. The highest BCUT2D eigenvalue weighted by Crippen LogP contribution is 2.39. The van der Waals surface area contributed by atoms with Crippen molar-refractivity contribution in [2.24, 2.45) is 0 Å². The van der Waals surface area contributed by atoms with Gasteiger partial charge in [0.2, 0.25) is 16.0 Å². The number of nitrogens with zero attached hydrogens (tertiary/aromatic N) is 4. The van der Waals surface area contributed by atoms with Crippen LogP contribution in [-0.4, -0.2) is 63.4 Å². The number of aromatic nitrogens is 3. The number of hydrogen-bond donors (Lipinski definition) is 2. The molecule has 30 heavy (non-hydrogen) atoms. The Hall–Kier alpha value is -2.04. The van der Waals surface area contributed by atoms with Crippen LogP contribution in [0.25, 0.3) is 11.0 Å². The number of aryl methyl sites for hydroxylation is 1. The van der Waals surface area contributed by atoms with E-state index in [0.717, 1.165) is 18.2 Å². The van der Waals surface area contributed by atoms with Gasteiger partial charge in [0.05, 0.1) is 17.9 Å². The normalized spacial score (nSPS) is 26.3. The van der Waals surface area contributed by atoms with Crippen molar-refractivity contribution < 1.29 is 13.5 Å². The van der Waals surface area contributed by atoms with Crippen LogP contribution in [0.5, 0.6) is 0 Å². The molecule has 1 aliphatic heterocycles. The summed E-state index contributed by atoms with van der Waals surface area (Å²) in [6.07, 6.45) is 6.47. The lowest BCUT2D eigenvalue weighted by Crippen LogP contribution is -2.42. The summed E-state index contributed by atoms with van der Waals surface area (Å²) in [5, 5.41) is 14.9. The first kappa shape index (κ1) is 21.2. The highest BCUT2D eigenvalue weighted by molar-refractivity contribution is 7.88. The Morgan fingerprint density at radius 2 is 1.97 bits per heavy atom. The first-order valence-electron chi connectivity index (χ1n) is 10.4. The zero-order valence-corrected chi connectivity index (χ0v) is 18.4. The van der Waals surface area contributed by atoms with Crippen molar-refractivity contribution in [3.8, 4) is 0 Å². The van der Waals surface area contributed by atoms with Crippen LogP contribution in [-0.2, 0) is 10.0 Å². The second-order valence-corrected chi connectivity index (χ2v) is 10.8. The van der Waals surface area contributed by atoms with Crippen molar-refractivity contribution in [1.29, 1.82) is 0 Å². The Morgan fingerprint density at radius 3 is 2.57 bits per heavy atom. The van der Waals surface area contributed by atoms with E-state index in [1.165, 1.54) is 10.6 Å². The molecule has 4 rings (SSSR count). The van der Waals surface area contributed by atoms with Gasteiger partial charge in [-0.3, -0.25) is 9.36 Å². The monoisotopic (exact) mass is 435 g/mol. The smallest absolute Gasteiger partial charge is 0.255 e. The fourth-order valence-electron chi connectivity index (χ4n) is 4.67. The second-order valence-electron chi connectivity index (χ2n) is 8.82. The van der Waals surface area contributed by atoms with Crippen LogP contribution in [0.4, 0.5) is 5.95 Å². The summed E-state index contributed by atoms with van der Waals surface area (Å²) in [6, 6.07) is 1.51. The number of rotatable bonds is 4. The summed E-state index contributed by atoms with van der Waals surface area (Å²) in [6.45, 7) is 4.46. The highest BCUT2D eigenvalue weighted by atomic mass is 32.2. The predicted molar refractivity (Wildman–Crippen MR) is 115 cm³/mol. The van der Waals surface area contributed by atoms with Crippen LogP contribution < -0.4 is 10.9 Å². The van der Waals surface area contributed by atoms with E-state index in [0.29, 0.717) is 49.5 Å². The van der Waals surface area contributed by atoms with Gasteiger partial charge in [0.1, 0.15) is 5.65 Å². The molecule has 1 saturated heterocycles. The number of piperidine rings is 1. The SMILES string of the molecule is Cc1cc2cnc(NC3CCN(S(C)(=O)=O)CC3)nc2n([C@H]2CCC[C@]2(C)O)c1=O. The Kier molecular flexibility index (Phi) is 5.36. The van der Waals surface area contributed by atoms with Gasteiger partial charge in [0, 0.05) is 36.3 Å². The third-order valence-corrected chi connectivity index (χ3v) is 7.70. The number of nitrogens with one attached hydrogen (secondary N) is 1. The van der Waals surface area contributed by atoms with Crippen molar-refractivity contribution in [3.05, 3.63) is 28.2 Å². The van der Waals surface area contributed by atoms with E-state index in [1.54, 1.807) is 30.7 Å². The molecular weight excluding hydrogens is 406 g/mol. The predicted octanol–water partition coefficient (Wildman–Crippen LogP) is 1.41. The third kappa shape index (κ3) is 3.95. The Labute approximate surface area is 176 Å². The van der Waals surface area contributed by atoms with Gasteiger partial charge in [-0.1, -0.05) is 0 Å². The lowest BCUT2D eigenvalue weighted by molar-refractivity contribution is 0.0266. The molecule has 2 aliphatic rings. The topological polar surface area (TPSA) is 117 Å². The fourth-order valence-corrected chi connectivity index (χ4v) is 5.54. The molecule has 9 nitrogen and oxygen atoms in total. The standard InChI is InChI=1S/C20H29N5O4S/c1-13-11-14-12-21-19(22-15-6-9-24(10-7-15)30(3,28)29)23-17(14)25(18(13)26)16-5-4-8-20(16,2)27/h11-12,15-16,27H,4-10H2,1-3H3,(H,21,22,23)/t16-,20-/m0/s1. The molecule has 1 aliphatic carbocycles. The van der Waals surface area contributed by atoms with Crippen molar-refractivity contribution in [1.82, 2.24) is 18.8 Å². The maximum Gasteiger partial charge on any atom is 0.255 e. The van der Waals surface area contributed by atoms with Gasteiger partial charge < -0.3 is 10.4 Å². The van der Waals surface area contributed by atoms with Crippen molar-refractivity contribution in [3.63, 3.8) is 0 Å². The molecule has 0 spiro atoms. The number of aliphatic hydroxyl groups is 1. The van der Waals surface area contributed by atoms with E-state index < -0.39 is 15.6 Å². The van der Waals surface area contributed by atoms with Gasteiger partial charge in [-0.05, 0) is 52.0 Å². The van der Waals surface area contributed by atoms with E-state index in [4.69, 9.17) is 0 Å². The molecule has 10 heteroatoms. The molecule has 0 radical (unpaired) electrons. The van der Waals surface area contributed by atoms with Crippen molar-refractivity contribution in [2.75, 3.05) is 24.7 Å². The van der Waals surface area contributed by atoms with Gasteiger partial charge in [-0.25, -0.2) is 17.7 Å². The maximum absolute atomic E-state index is 13.0. The van der Waals surface area contributed by atoms with E-state index in [2.05, 4.69) is 15.3 Å². The molecule has 3 heterocycles. The molecule has 1 saturated carbocycles. The Morgan fingerprint density at radius 1 is 1.27 bits per heavy atom. The van der Waals surface area contributed by atoms with Crippen molar-refractivity contribution >= 4 is 27.0 Å². The molecule has 0 amide bonds. The number of pyridine rings is 1. The Bertz CT molecular complexity index is 1120. The summed E-state index contributed by atoms with van der Waals surface area (Å²) in [7, 11) is -3.17. The van der Waals surface area contributed by atoms with E-state index >= 15 is 0 Å². The number of sulfonamides is 1. The van der Waals surface area contributed by atoms with Crippen LogP contribution >= 0.6 is 0 Å². The molecule has 0 unspecified atom stereocenters. The average Bonchev–Trinajstić information content (AvgIpc) is 3.02. The van der Waals surface area contributed by atoms with Gasteiger partial charge in [0.25, 0.3) is 5.56 Å². The minimum absolute atomic E-state index is 0.0562. The number of fused-ring (bicyclic) bond motifs is 1. The molecule has 2 N–H and O–H groups in total. The lowest BCUT2D eigenvalue weighted by atomic mass is 9.99. The quantitative estimate of drug-likeness (QED) is 0.746. The third-order valence-electron chi connectivity index (χ3n) is 6.40. The van der Waals surface area contributed by atoms with Crippen LogP contribution in [0.1, 0.15) is 50.6 Å². The molecule has 0 aromatic carbocycles. The summed E-state index contributed by atoms with van der Waals surface area (Å²) < 4.78 is 26.5. The molecule has 2 aromatic rings. The molecule has 164 valence electrons. The largest absolute Gasteiger partial charge is 0.388 e. The number of anilines is 1. The molecule has 2 atom stereocenters.